The van der Waals surface area contributed by atoms with Gasteiger partial charge in [-0.3, -0.25) is 5.32 Å². The minimum atomic E-state index is -0.457. The van der Waals surface area contributed by atoms with Crippen molar-refractivity contribution in [1.82, 2.24) is 5.32 Å². The third-order valence-corrected chi connectivity index (χ3v) is 3.35. The third kappa shape index (κ3) is 3.61. The van der Waals surface area contributed by atoms with Gasteiger partial charge in [-0.2, -0.15) is 0 Å². The first kappa shape index (κ1) is 14.2. The maximum absolute atomic E-state index is 9.18. The van der Waals surface area contributed by atoms with Crippen LogP contribution in [0.15, 0.2) is 12.1 Å². The molecule has 2 rings (SSSR count). The highest BCUT2D eigenvalue weighted by Gasteiger charge is 2.18. The second kappa shape index (κ2) is 6.78. The van der Waals surface area contributed by atoms with E-state index in [1.165, 1.54) is 16.8 Å². The Morgan fingerprint density at radius 1 is 1.37 bits per heavy atom. The monoisotopic (exact) mass is 264 g/mol. The van der Waals surface area contributed by atoms with E-state index in [1.807, 2.05) is 0 Å². The summed E-state index contributed by atoms with van der Waals surface area (Å²) in [6.07, 6.45) is 2.75. The van der Waals surface area contributed by atoms with Gasteiger partial charge in [0, 0.05) is 30.8 Å². The number of anilines is 1. The molecule has 0 amide bonds. The van der Waals surface area contributed by atoms with E-state index in [9.17, 15) is 5.11 Å². The molecule has 1 heterocycles. The first-order valence-corrected chi connectivity index (χ1v) is 7.15. The molecule has 1 aliphatic heterocycles. The zero-order valence-corrected chi connectivity index (χ0v) is 11.8. The van der Waals surface area contributed by atoms with Gasteiger partial charge in [0.05, 0.1) is 6.61 Å². The minimum Gasteiger partial charge on any atom is -0.493 e. The molecule has 0 fully saturated rings. The van der Waals surface area contributed by atoms with Crippen LogP contribution in [0, 0.1) is 0 Å². The fourth-order valence-corrected chi connectivity index (χ4v) is 2.49. The Morgan fingerprint density at radius 3 is 2.95 bits per heavy atom. The Morgan fingerprint density at radius 2 is 2.21 bits per heavy atom. The number of benzene rings is 1. The first-order chi connectivity index (χ1) is 9.22. The highest BCUT2D eigenvalue weighted by Crippen LogP contribution is 2.35. The lowest BCUT2D eigenvalue weighted by molar-refractivity contribution is 0.159. The Hall–Kier alpha value is -1.26. The van der Waals surface area contributed by atoms with Gasteiger partial charge < -0.3 is 15.2 Å². The summed E-state index contributed by atoms with van der Waals surface area (Å²) in [5.41, 5.74) is 3.91. The molecule has 0 aromatic heterocycles. The number of aryl methyl sites for hydroxylation is 1. The standard InChI is InChI=1S/C15H24N2O2/c1-3-4-12-5-6-14-13(7-10-19-14)15(12)17-9-8-16-11(2)18/h5-6,11,16-18H,3-4,7-10H2,1-2H3. The molecule has 1 atom stereocenters. The Bertz CT molecular complexity index is 419. The van der Waals surface area contributed by atoms with Crippen LogP contribution in [0.4, 0.5) is 5.69 Å². The van der Waals surface area contributed by atoms with Crippen LogP contribution < -0.4 is 15.4 Å². The van der Waals surface area contributed by atoms with Crippen molar-refractivity contribution in [3.63, 3.8) is 0 Å². The van der Waals surface area contributed by atoms with Crippen molar-refractivity contribution in [1.29, 1.82) is 0 Å². The number of aliphatic hydroxyl groups is 1. The van der Waals surface area contributed by atoms with Crippen molar-refractivity contribution in [2.45, 2.75) is 39.3 Å². The van der Waals surface area contributed by atoms with Crippen LogP contribution in [-0.4, -0.2) is 31.0 Å². The number of rotatable bonds is 7. The minimum absolute atomic E-state index is 0.457. The van der Waals surface area contributed by atoms with E-state index in [2.05, 4.69) is 29.7 Å². The van der Waals surface area contributed by atoms with E-state index < -0.39 is 6.23 Å². The molecular weight excluding hydrogens is 240 g/mol. The Kier molecular flexibility index (Phi) is 5.05. The van der Waals surface area contributed by atoms with Crippen LogP contribution in [-0.2, 0) is 12.8 Å². The number of hydrogen-bond donors (Lipinski definition) is 3. The summed E-state index contributed by atoms with van der Waals surface area (Å²) in [5.74, 6) is 1.02. The largest absolute Gasteiger partial charge is 0.493 e. The van der Waals surface area contributed by atoms with Gasteiger partial charge in [-0.25, -0.2) is 0 Å². The molecule has 1 aliphatic rings. The molecule has 4 heteroatoms. The lowest BCUT2D eigenvalue weighted by atomic mass is 10.0. The molecule has 106 valence electrons. The van der Waals surface area contributed by atoms with Gasteiger partial charge in [-0.1, -0.05) is 19.4 Å². The SMILES string of the molecule is CCCc1ccc2c(c1NCCNC(C)O)CCO2. The third-order valence-electron chi connectivity index (χ3n) is 3.35. The van der Waals surface area contributed by atoms with Crippen molar-refractivity contribution < 1.29 is 9.84 Å². The average molecular weight is 264 g/mol. The predicted molar refractivity (Wildman–Crippen MR) is 77.8 cm³/mol. The van der Waals surface area contributed by atoms with Crippen molar-refractivity contribution >= 4 is 5.69 Å². The summed E-state index contributed by atoms with van der Waals surface area (Å²) >= 11 is 0. The van der Waals surface area contributed by atoms with Crippen LogP contribution in [0.2, 0.25) is 0 Å². The van der Waals surface area contributed by atoms with E-state index in [1.54, 1.807) is 6.92 Å². The molecule has 4 nitrogen and oxygen atoms in total. The van der Waals surface area contributed by atoms with Crippen LogP contribution in [0.1, 0.15) is 31.4 Å². The fourth-order valence-electron chi connectivity index (χ4n) is 2.49. The second-order valence-electron chi connectivity index (χ2n) is 4.98. The van der Waals surface area contributed by atoms with E-state index in [4.69, 9.17) is 4.74 Å². The summed E-state index contributed by atoms with van der Waals surface area (Å²) < 4.78 is 5.62. The molecule has 0 saturated carbocycles. The van der Waals surface area contributed by atoms with E-state index in [0.717, 1.165) is 44.7 Å². The van der Waals surface area contributed by atoms with Gasteiger partial charge in [0.2, 0.25) is 0 Å². The normalized spacial score (nSPS) is 14.9. The van der Waals surface area contributed by atoms with Crippen molar-refractivity contribution in [3.05, 3.63) is 23.3 Å². The molecule has 3 N–H and O–H groups in total. The molecule has 0 spiro atoms. The lowest BCUT2D eigenvalue weighted by Gasteiger charge is -2.16. The van der Waals surface area contributed by atoms with Crippen LogP contribution in [0.25, 0.3) is 0 Å². The summed E-state index contributed by atoms with van der Waals surface area (Å²) in [7, 11) is 0. The van der Waals surface area contributed by atoms with Gasteiger partial charge in [0.15, 0.2) is 0 Å². The molecule has 1 aromatic rings. The summed E-state index contributed by atoms with van der Waals surface area (Å²) in [5, 5.41) is 15.7. The van der Waals surface area contributed by atoms with E-state index in [0.29, 0.717) is 0 Å². The summed E-state index contributed by atoms with van der Waals surface area (Å²) in [6.45, 7) is 6.26. The Balaban J connectivity index is 2.05. The zero-order chi connectivity index (χ0) is 13.7. The molecule has 1 aromatic carbocycles. The van der Waals surface area contributed by atoms with Crippen molar-refractivity contribution in [3.8, 4) is 5.75 Å². The zero-order valence-electron chi connectivity index (χ0n) is 11.8. The maximum Gasteiger partial charge on any atom is 0.124 e. The Labute approximate surface area is 115 Å². The number of aliphatic hydroxyl groups excluding tert-OH is 1. The number of nitrogens with one attached hydrogen (secondary N) is 2. The first-order valence-electron chi connectivity index (χ1n) is 7.15. The van der Waals surface area contributed by atoms with Gasteiger partial charge in [0.1, 0.15) is 12.0 Å². The van der Waals surface area contributed by atoms with Crippen LogP contribution in [0.3, 0.4) is 0 Å². The van der Waals surface area contributed by atoms with Gasteiger partial charge >= 0.3 is 0 Å². The van der Waals surface area contributed by atoms with Crippen LogP contribution >= 0.6 is 0 Å². The maximum atomic E-state index is 9.18. The van der Waals surface area contributed by atoms with Gasteiger partial charge in [-0.15, -0.1) is 0 Å². The molecule has 0 radical (unpaired) electrons. The van der Waals surface area contributed by atoms with Crippen LogP contribution in [0.5, 0.6) is 5.75 Å². The highest BCUT2D eigenvalue weighted by molar-refractivity contribution is 5.64. The van der Waals surface area contributed by atoms with Crippen molar-refractivity contribution in [2.24, 2.45) is 0 Å². The number of fused-ring (bicyclic) bond motifs is 1. The van der Waals surface area contributed by atoms with E-state index in [-0.39, 0.29) is 0 Å². The highest BCUT2D eigenvalue weighted by atomic mass is 16.5. The summed E-state index contributed by atoms with van der Waals surface area (Å²) in [6, 6.07) is 4.25. The molecule has 0 bridgehead atoms. The molecule has 1 unspecified atom stereocenters. The smallest absolute Gasteiger partial charge is 0.124 e. The quantitative estimate of drug-likeness (QED) is 0.520. The predicted octanol–water partition coefficient (Wildman–Crippen LogP) is 1.91. The molecule has 19 heavy (non-hydrogen) atoms. The number of ether oxygens (including phenoxy) is 1. The average Bonchev–Trinajstić information content (AvgIpc) is 2.84. The number of hydrogen-bond acceptors (Lipinski definition) is 4. The molecule has 0 aliphatic carbocycles. The summed E-state index contributed by atoms with van der Waals surface area (Å²) in [4.78, 5) is 0. The second-order valence-corrected chi connectivity index (χ2v) is 4.98. The molecular formula is C15H24N2O2. The van der Waals surface area contributed by atoms with Gasteiger partial charge in [-0.05, 0) is 25.0 Å². The molecule has 0 saturated heterocycles. The lowest BCUT2D eigenvalue weighted by Crippen LogP contribution is -2.30. The topological polar surface area (TPSA) is 53.5 Å². The van der Waals surface area contributed by atoms with Gasteiger partial charge in [0.25, 0.3) is 0 Å². The van der Waals surface area contributed by atoms with E-state index >= 15 is 0 Å². The fraction of sp³-hybridized carbons (Fsp3) is 0.600. The van der Waals surface area contributed by atoms with Crippen molar-refractivity contribution in [2.75, 3.05) is 25.0 Å².